The Morgan fingerprint density at radius 3 is 2.52 bits per heavy atom. The van der Waals surface area contributed by atoms with Crippen LogP contribution < -0.4 is 10.6 Å². The van der Waals surface area contributed by atoms with Gasteiger partial charge >= 0.3 is 0 Å². The van der Waals surface area contributed by atoms with E-state index >= 15 is 0 Å². The number of aryl methyl sites for hydroxylation is 1. The minimum absolute atomic E-state index is 0.448. The summed E-state index contributed by atoms with van der Waals surface area (Å²) in [5, 5.41) is 21.4. The molecule has 1 heterocycles. The van der Waals surface area contributed by atoms with Crippen LogP contribution in [0.25, 0.3) is 0 Å². The molecule has 0 aliphatic carbocycles. The highest BCUT2D eigenvalue weighted by atomic mass is 16.3. The van der Waals surface area contributed by atoms with Crippen LogP contribution >= 0.6 is 0 Å². The zero-order valence-corrected chi connectivity index (χ0v) is 14.9. The van der Waals surface area contributed by atoms with E-state index in [0.717, 1.165) is 57.7 Å². The first-order valence-corrected chi connectivity index (χ1v) is 8.85. The minimum Gasteiger partial charge on any atom is -0.388 e. The van der Waals surface area contributed by atoms with Crippen LogP contribution in [-0.2, 0) is 6.54 Å². The summed E-state index contributed by atoms with van der Waals surface area (Å²) in [6, 6.07) is 1.93. The lowest BCUT2D eigenvalue weighted by Crippen LogP contribution is -2.40. The number of aliphatic hydroxyl groups is 1. The fourth-order valence-electron chi connectivity index (χ4n) is 2.66. The quantitative estimate of drug-likeness (QED) is 0.331. The van der Waals surface area contributed by atoms with Crippen LogP contribution in [0.2, 0.25) is 0 Å². The maximum absolute atomic E-state index is 10.7. The summed E-state index contributed by atoms with van der Waals surface area (Å²) in [5.41, 5.74) is -0.680. The Hall–Kier alpha value is -1.56. The molecule has 0 bridgehead atoms. The van der Waals surface area contributed by atoms with E-state index in [9.17, 15) is 5.11 Å². The SMILES string of the molecule is CCCC(O)(CCC)CN=C(NCC)NCCCn1cccn1. The van der Waals surface area contributed by atoms with Gasteiger partial charge in [-0.2, -0.15) is 5.10 Å². The predicted molar refractivity (Wildman–Crippen MR) is 95.6 cm³/mol. The molecule has 0 saturated heterocycles. The molecular weight excluding hydrogens is 290 g/mol. The molecule has 0 atom stereocenters. The van der Waals surface area contributed by atoms with Gasteiger partial charge in [0, 0.05) is 32.0 Å². The van der Waals surface area contributed by atoms with Gasteiger partial charge in [-0.15, -0.1) is 0 Å². The van der Waals surface area contributed by atoms with Crippen molar-refractivity contribution in [1.82, 2.24) is 20.4 Å². The van der Waals surface area contributed by atoms with E-state index in [1.807, 2.05) is 23.9 Å². The number of hydrogen-bond donors (Lipinski definition) is 3. The fraction of sp³-hybridized carbons (Fsp3) is 0.765. The normalized spacial score (nSPS) is 12.4. The van der Waals surface area contributed by atoms with Crippen LogP contribution in [0.1, 0.15) is 52.9 Å². The van der Waals surface area contributed by atoms with Crippen molar-refractivity contribution < 1.29 is 5.11 Å². The van der Waals surface area contributed by atoms with Crippen molar-refractivity contribution in [2.24, 2.45) is 4.99 Å². The van der Waals surface area contributed by atoms with Gasteiger partial charge in [-0.3, -0.25) is 9.67 Å². The largest absolute Gasteiger partial charge is 0.388 e. The average molecular weight is 323 g/mol. The first kappa shape index (κ1) is 19.5. The second kappa shape index (κ2) is 11.0. The lowest BCUT2D eigenvalue weighted by Gasteiger charge is -2.26. The van der Waals surface area contributed by atoms with Gasteiger partial charge in [-0.25, -0.2) is 0 Å². The molecule has 0 radical (unpaired) electrons. The van der Waals surface area contributed by atoms with E-state index in [-0.39, 0.29) is 0 Å². The molecule has 1 rings (SSSR count). The van der Waals surface area contributed by atoms with E-state index < -0.39 is 5.60 Å². The third-order valence-corrected chi connectivity index (χ3v) is 3.72. The Kier molecular flexibility index (Phi) is 9.36. The molecule has 6 heteroatoms. The van der Waals surface area contributed by atoms with Crippen molar-refractivity contribution in [2.75, 3.05) is 19.6 Å². The first-order valence-electron chi connectivity index (χ1n) is 8.85. The Labute approximate surface area is 140 Å². The van der Waals surface area contributed by atoms with Gasteiger partial charge in [0.15, 0.2) is 5.96 Å². The van der Waals surface area contributed by atoms with Crippen LogP contribution in [-0.4, -0.2) is 46.1 Å². The lowest BCUT2D eigenvalue weighted by atomic mass is 9.93. The molecule has 0 aromatic carbocycles. The fourth-order valence-corrected chi connectivity index (χ4v) is 2.66. The van der Waals surface area contributed by atoms with Crippen LogP contribution in [0.15, 0.2) is 23.5 Å². The molecule has 0 unspecified atom stereocenters. The summed E-state index contributed by atoms with van der Waals surface area (Å²) in [6.45, 7) is 9.21. The summed E-state index contributed by atoms with van der Waals surface area (Å²) in [4.78, 5) is 4.58. The van der Waals surface area contributed by atoms with Gasteiger partial charge in [-0.1, -0.05) is 26.7 Å². The van der Waals surface area contributed by atoms with Gasteiger partial charge in [0.25, 0.3) is 0 Å². The van der Waals surface area contributed by atoms with Gasteiger partial charge < -0.3 is 15.7 Å². The van der Waals surface area contributed by atoms with Crippen molar-refractivity contribution in [3.8, 4) is 0 Å². The Bertz CT molecular complexity index is 424. The number of aromatic nitrogens is 2. The molecule has 3 N–H and O–H groups in total. The number of nitrogens with zero attached hydrogens (tertiary/aromatic N) is 3. The van der Waals surface area contributed by atoms with Crippen LogP contribution in [0.4, 0.5) is 0 Å². The van der Waals surface area contributed by atoms with Gasteiger partial charge in [0.1, 0.15) is 0 Å². The second-order valence-electron chi connectivity index (χ2n) is 5.97. The Morgan fingerprint density at radius 2 is 1.96 bits per heavy atom. The second-order valence-corrected chi connectivity index (χ2v) is 5.97. The standard InChI is InChI=1S/C17H33N5O/c1-4-9-17(23,10-5-2)15-20-16(18-6-3)19-11-7-13-22-14-8-12-21-22/h8,12,14,23H,4-7,9-11,13,15H2,1-3H3,(H2,18,19,20). The van der Waals surface area contributed by atoms with Crippen LogP contribution in [0, 0.1) is 0 Å². The number of rotatable bonds is 11. The molecule has 0 saturated carbocycles. The summed E-state index contributed by atoms with van der Waals surface area (Å²) >= 11 is 0. The number of guanidine groups is 1. The predicted octanol–water partition coefficient (Wildman–Crippen LogP) is 2.16. The molecule has 23 heavy (non-hydrogen) atoms. The molecule has 0 amide bonds. The van der Waals surface area contributed by atoms with Crippen molar-refractivity contribution in [3.63, 3.8) is 0 Å². The summed E-state index contributed by atoms with van der Waals surface area (Å²) in [6.07, 6.45) is 8.27. The first-order chi connectivity index (χ1) is 11.1. The third-order valence-electron chi connectivity index (χ3n) is 3.72. The monoisotopic (exact) mass is 323 g/mol. The van der Waals surface area contributed by atoms with Crippen molar-refractivity contribution in [1.29, 1.82) is 0 Å². The maximum atomic E-state index is 10.7. The Balaban J connectivity index is 2.44. The van der Waals surface area contributed by atoms with Crippen molar-refractivity contribution in [2.45, 2.75) is 65.0 Å². The van der Waals surface area contributed by atoms with Crippen molar-refractivity contribution in [3.05, 3.63) is 18.5 Å². The Morgan fingerprint density at radius 1 is 1.22 bits per heavy atom. The zero-order chi connectivity index (χ0) is 17.0. The highest BCUT2D eigenvalue weighted by molar-refractivity contribution is 5.79. The summed E-state index contributed by atoms with van der Waals surface area (Å²) in [7, 11) is 0. The van der Waals surface area contributed by atoms with Gasteiger partial charge in [-0.05, 0) is 32.3 Å². The molecule has 0 spiro atoms. The van der Waals surface area contributed by atoms with Crippen LogP contribution in [0.5, 0.6) is 0 Å². The molecule has 0 aliphatic heterocycles. The molecule has 1 aromatic rings. The lowest BCUT2D eigenvalue weighted by molar-refractivity contribution is 0.0306. The van der Waals surface area contributed by atoms with Gasteiger partial charge in [0.2, 0.25) is 0 Å². The van der Waals surface area contributed by atoms with E-state index in [2.05, 4.69) is 34.6 Å². The summed E-state index contributed by atoms with van der Waals surface area (Å²) < 4.78 is 1.92. The maximum Gasteiger partial charge on any atom is 0.191 e. The number of nitrogens with one attached hydrogen (secondary N) is 2. The number of hydrogen-bond acceptors (Lipinski definition) is 3. The molecule has 1 aromatic heterocycles. The van der Waals surface area contributed by atoms with Gasteiger partial charge in [0.05, 0.1) is 12.1 Å². The number of aliphatic imine (C=N–C) groups is 1. The topological polar surface area (TPSA) is 74.5 Å². The van der Waals surface area contributed by atoms with E-state index in [1.54, 1.807) is 6.20 Å². The average Bonchev–Trinajstić information content (AvgIpc) is 3.03. The molecule has 6 nitrogen and oxygen atoms in total. The van der Waals surface area contributed by atoms with E-state index in [0.29, 0.717) is 6.54 Å². The zero-order valence-electron chi connectivity index (χ0n) is 14.9. The highest BCUT2D eigenvalue weighted by Gasteiger charge is 2.24. The van der Waals surface area contributed by atoms with E-state index in [1.165, 1.54) is 0 Å². The van der Waals surface area contributed by atoms with Crippen LogP contribution in [0.3, 0.4) is 0 Å². The minimum atomic E-state index is -0.680. The molecule has 132 valence electrons. The molecular formula is C17H33N5O. The van der Waals surface area contributed by atoms with E-state index in [4.69, 9.17) is 0 Å². The molecule has 0 aliphatic rings. The molecule has 0 fully saturated rings. The smallest absolute Gasteiger partial charge is 0.191 e. The highest BCUT2D eigenvalue weighted by Crippen LogP contribution is 2.19. The summed E-state index contributed by atoms with van der Waals surface area (Å²) in [5.74, 6) is 0.776. The third kappa shape index (κ3) is 8.02. The van der Waals surface area contributed by atoms with Crippen molar-refractivity contribution >= 4 is 5.96 Å².